The van der Waals surface area contributed by atoms with E-state index >= 15 is 0 Å². The molecule has 0 aliphatic carbocycles. The Kier molecular flexibility index (Phi) is 6.41. The van der Waals surface area contributed by atoms with Crippen molar-refractivity contribution in [3.63, 3.8) is 0 Å². The van der Waals surface area contributed by atoms with Crippen molar-refractivity contribution in [3.8, 4) is 11.4 Å². The molecule has 3 rings (SSSR count). The van der Waals surface area contributed by atoms with Crippen molar-refractivity contribution in [1.29, 1.82) is 0 Å². The van der Waals surface area contributed by atoms with E-state index in [-0.39, 0.29) is 12.0 Å². The first-order valence-electron chi connectivity index (χ1n) is 8.62. The van der Waals surface area contributed by atoms with Crippen LogP contribution in [0.3, 0.4) is 0 Å². The maximum Gasteiger partial charge on any atom is 0.230 e. The molecule has 0 radical (unpaired) electrons. The molecule has 1 aliphatic heterocycles. The van der Waals surface area contributed by atoms with E-state index < -0.39 is 0 Å². The minimum Gasteiger partial charge on any atom is -0.376 e. The zero-order chi connectivity index (χ0) is 17.5. The van der Waals surface area contributed by atoms with E-state index in [9.17, 15) is 4.79 Å². The number of hydrogen-bond acceptors (Lipinski definition) is 6. The Morgan fingerprint density at radius 3 is 2.96 bits per heavy atom. The van der Waals surface area contributed by atoms with Gasteiger partial charge >= 0.3 is 0 Å². The largest absolute Gasteiger partial charge is 0.376 e. The van der Waals surface area contributed by atoms with E-state index in [0.717, 1.165) is 49.0 Å². The van der Waals surface area contributed by atoms with Crippen molar-refractivity contribution in [2.24, 2.45) is 0 Å². The third-order valence-electron chi connectivity index (χ3n) is 3.99. The molecule has 134 valence electrons. The highest BCUT2D eigenvalue weighted by Gasteiger charge is 2.18. The molecule has 7 nitrogen and oxygen atoms in total. The van der Waals surface area contributed by atoms with Crippen LogP contribution in [-0.2, 0) is 16.1 Å². The van der Waals surface area contributed by atoms with Gasteiger partial charge < -0.3 is 14.6 Å². The van der Waals surface area contributed by atoms with Gasteiger partial charge in [0.1, 0.15) is 0 Å². The zero-order valence-electron chi connectivity index (χ0n) is 14.4. The molecule has 0 spiro atoms. The van der Waals surface area contributed by atoms with E-state index in [1.165, 1.54) is 11.8 Å². The molecule has 1 amide bonds. The lowest BCUT2D eigenvalue weighted by atomic mass is 10.2. The zero-order valence-corrected chi connectivity index (χ0v) is 15.2. The molecule has 0 saturated carbocycles. The number of nitrogens with zero attached hydrogens (tertiary/aromatic N) is 4. The molecule has 2 aromatic rings. The Balaban J connectivity index is 1.60. The fourth-order valence-corrected chi connectivity index (χ4v) is 3.54. The quantitative estimate of drug-likeness (QED) is 0.726. The summed E-state index contributed by atoms with van der Waals surface area (Å²) >= 11 is 1.41. The summed E-state index contributed by atoms with van der Waals surface area (Å²) in [7, 11) is 0. The molecule has 2 aromatic heterocycles. The molecule has 1 fully saturated rings. The highest BCUT2D eigenvalue weighted by molar-refractivity contribution is 7.99. The second-order valence-corrected chi connectivity index (χ2v) is 6.86. The van der Waals surface area contributed by atoms with Gasteiger partial charge in [-0.3, -0.25) is 9.78 Å². The number of carbonyl (C=O) groups excluding carboxylic acids is 1. The number of carbonyl (C=O) groups is 1. The molecular formula is C17H23N5O2S. The van der Waals surface area contributed by atoms with E-state index in [1.807, 2.05) is 12.1 Å². The Hall–Kier alpha value is -1.93. The Labute approximate surface area is 151 Å². The number of nitrogens with one attached hydrogen (secondary N) is 1. The van der Waals surface area contributed by atoms with Gasteiger partial charge in [0.2, 0.25) is 5.91 Å². The molecule has 1 saturated heterocycles. The molecule has 0 aromatic carbocycles. The average molecular weight is 361 g/mol. The summed E-state index contributed by atoms with van der Waals surface area (Å²) in [6, 6.07) is 3.83. The van der Waals surface area contributed by atoms with E-state index in [1.54, 1.807) is 12.4 Å². The molecule has 25 heavy (non-hydrogen) atoms. The summed E-state index contributed by atoms with van der Waals surface area (Å²) in [5, 5.41) is 12.3. The SMILES string of the molecule is CCCn1c(SCC(=O)NC[C@@H]2CCCO2)nnc1-c1ccncc1. The molecule has 3 heterocycles. The van der Waals surface area contributed by atoms with Gasteiger partial charge in [-0.1, -0.05) is 18.7 Å². The number of pyridine rings is 1. The average Bonchev–Trinajstić information content (AvgIpc) is 3.29. The van der Waals surface area contributed by atoms with E-state index in [4.69, 9.17) is 4.74 Å². The lowest BCUT2D eigenvalue weighted by molar-refractivity contribution is -0.119. The van der Waals surface area contributed by atoms with Crippen LogP contribution in [0.4, 0.5) is 0 Å². The van der Waals surface area contributed by atoms with Gasteiger partial charge in [0.15, 0.2) is 11.0 Å². The minimum atomic E-state index is -0.00277. The van der Waals surface area contributed by atoms with Gasteiger partial charge in [-0.05, 0) is 31.4 Å². The number of thioether (sulfide) groups is 1. The fraction of sp³-hybridized carbons (Fsp3) is 0.529. The lowest BCUT2D eigenvalue weighted by Gasteiger charge is -2.11. The van der Waals surface area contributed by atoms with Crippen LogP contribution in [0.1, 0.15) is 26.2 Å². The van der Waals surface area contributed by atoms with E-state index in [2.05, 4.69) is 32.0 Å². The maximum absolute atomic E-state index is 12.1. The summed E-state index contributed by atoms with van der Waals surface area (Å²) in [6.07, 6.45) is 6.71. The van der Waals surface area contributed by atoms with Crippen molar-refractivity contribution in [2.45, 2.75) is 44.0 Å². The predicted molar refractivity (Wildman–Crippen MR) is 96.3 cm³/mol. The lowest BCUT2D eigenvalue weighted by Crippen LogP contribution is -2.32. The van der Waals surface area contributed by atoms with Crippen LogP contribution in [-0.4, -0.2) is 50.7 Å². The summed E-state index contributed by atoms with van der Waals surface area (Å²) in [5.41, 5.74) is 0.977. The van der Waals surface area contributed by atoms with Gasteiger partial charge in [-0.2, -0.15) is 0 Å². The van der Waals surface area contributed by atoms with Crippen LogP contribution in [0.25, 0.3) is 11.4 Å². The first-order chi connectivity index (χ1) is 12.3. The van der Waals surface area contributed by atoms with Crippen molar-refractivity contribution < 1.29 is 9.53 Å². The monoisotopic (exact) mass is 361 g/mol. The standard InChI is InChI=1S/C17H23N5O2S/c1-2-9-22-16(13-5-7-18-8-6-13)20-21-17(22)25-12-15(23)19-11-14-4-3-10-24-14/h5-8,14H,2-4,9-12H2,1H3,(H,19,23)/t14-/m0/s1. The van der Waals surface area contributed by atoms with Gasteiger partial charge in [0, 0.05) is 37.7 Å². The number of aromatic nitrogens is 4. The maximum atomic E-state index is 12.1. The molecular weight excluding hydrogens is 338 g/mol. The molecule has 0 unspecified atom stereocenters. The minimum absolute atomic E-state index is 0.00277. The van der Waals surface area contributed by atoms with Crippen molar-refractivity contribution in [2.75, 3.05) is 18.9 Å². The fourth-order valence-electron chi connectivity index (χ4n) is 2.75. The van der Waals surface area contributed by atoms with Gasteiger partial charge in [-0.25, -0.2) is 0 Å². The van der Waals surface area contributed by atoms with Crippen LogP contribution in [0.15, 0.2) is 29.7 Å². The Morgan fingerprint density at radius 1 is 1.40 bits per heavy atom. The third-order valence-corrected chi connectivity index (χ3v) is 4.95. The van der Waals surface area contributed by atoms with Crippen molar-refractivity contribution in [3.05, 3.63) is 24.5 Å². The summed E-state index contributed by atoms with van der Waals surface area (Å²) in [6.45, 7) is 4.31. The van der Waals surface area contributed by atoms with Gasteiger partial charge in [-0.15, -0.1) is 10.2 Å². The van der Waals surface area contributed by atoms with Crippen molar-refractivity contribution in [1.82, 2.24) is 25.1 Å². The number of rotatable bonds is 8. The second kappa shape index (κ2) is 8.96. The van der Waals surface area contributed by atoms with Gasteiger partial charge in [0.05, 0.1) is 11.9 Å². The van der Waals surface area contributed by atoms with Crippen LogP contribution in [0.5, 0.6) is 0 Å². The first kappa shape index (κ1) is 17.9. The topological polar surface area (TPSA) is 81.9 Å². The van der Waals surface area contributed by atoms with E-state index in [0.29, 0.717) is 12.3 Å². The normalized spacial score (nSPS) is 16.9. The second-order valence-electron chi connectivity index (χ2n) is 5.92. The molecule has 8 heteroatoms. The summed E-state index contributed by atoms with van der Waals surface area (Å²) in [4.78, 5) is 16.1. The van der Waals surface area contributed by atoms with Crippen molar-refractivity contribution >= 4 is 17.7 Å². The summed E-state index contributed by atoms with van der Waals surface area (Å²) in [5.74, 6) is 1.13. The van der Waals surface area contributed by atoms with Gasteiger partial charge in [0.25, 0.3) is 0 Å². The number of hydrogen-bond donors (Lipinski definition) is 1. The molecule has 1 atom stereocenters. The molecule has 1 N–H and O–H groups in total. The highest BCUT2D eigenvalue weighted by atomic mass is 32.2. The van der Waals surface area contributed by atoms with Crippen LogP contribution < -0.4 is 5.32 Å². The highest BCUT2D eigenvalue weighted by Crippen LogP contribution is 2.23. The molecule has 0 bridgehead atoms. The van der Waals surface area contributed by atoms with Crippen LogP contribution in [0.2, 0.25) is 0 Å². The summed E-state index contributed by atoms with van der Waals surface area (Å²) < 4.78 is 7.58. The Bertz CT molecular complexity index is 686. The number of amides is 1. The van der Waals surface area contributed by atoms with Crippen LogP contribution in [0, 0.1) is 0 Å². The number of ether oxygens (including phenoxy) is 1. The van der Waals surface area contributed by atoms with Crippen LogP contribution >= 0.6 is 11.8 Å². The molecule has 1 aliphatic rings. The third kappa shape index (κ3) is 4.79. The predicted octanol–water partition coefficient (Wildman–Crippen LogP) is 2.14. The Morgan fingerprint density at radius 2 is 2.24 bits per heavy atom. The first-order valence-corrected chi connectivity index (χ1v) is 9.61. The smallest absolute Gasteiger partial charge is 0.230 e.